The van der Waals surface area contributed by atoms with Gasteiger partial charge >= 0.3 is 5.97 Å². The van der Waals surface area contributed by atoms with Gasteiger partial charge < -0.3 is 4.74 Å². The molecule has 0 aromatic heterocycles. The van der Waals surface area contributed by atoms with Gasteiger partial charge in [0, 0.05) is 19.6 Å². The maximum Gasteiger partial charge on any atom is 0.341 e. The highest BCUT2D eigenvalue weighted by Gasteiger charge is 2.31. The van der Waals surface area contributed by atoms with Crippen LogP contribution in [0.15, 0.2) is 12.1 Å². The molecule has 1 aromatic rings. The standard InChI is InChI=1S/C21H30FNO5S/c1-21(2,3)27-20(24)18-12-17(14-5-6-14)15(11-19(18)22)13-23-9-7-16(8-10-23)28-29(4,25)26/h11-12,14,16H,5-10,13H2,1-4H3. The minimum Gasteiger partial charge on any atom is -0.456 e. The van der Waals surface area contributed by atoms with Crippen molar-refractivity contribution in [3.63, 3.8) is 0 Å². The van der Waals surface area contributed by atoms with Crippen molar-refractivity contribution >= 4 is 16.1 Å². The Morgan fingerprint density at radius 3 is 2.31 bits per heavy atom. The summed E-state index contributed by atoms with van der Waals surface area (Å²) in [6, 6.07) is 3.13. The Labute approximate surface area is 172 Å². The van der Waals surface area contributed by atoms with Crippen molar-refractivity contribution in [1.29, 1.82) is 0 Å². The van der Waals surface area contributed by atoms with Crippen LogP contribution in [0.25, 0.3) is 0 Å². The second kappa shape index (κ2) is 8.32. The van der Waals surface area contributed by atoms with Crippen LogP contribution in [-0.2, 0) is 25.6 Å². The quantitative estimate of drug-likeness (QED) is 0.510. The molecule has 162 valence electrons. The zero-order valence-electron chi connectivity index (χ0n) is 17.5. The van der Waals surface area contributed by atoms with Crippen LogP contribution in [0, 0.1) is 5.82 Å². The normalized spacial score (nSPS) is 19.3. The summed E-state index contributed by atoms with van der Waals surface area (Å²) in [6.07, 6.45) is 4.08. The van der Waals surface area contributed by atoms with Gasteiger partial charge in [0.15, 0.2) is 0 Å². The molecule has 2 fully saturated rings. The predicted octanol–water partition coefficient (Wildman–Crippen LogP) is 3.60. The fourth-order valence-corrected chi connectivity index (χ4v) is 4.37. The smallest absolute Gasteiger partial charge is 0.341 e. The Morgan fingerprint density at radius 1 is 1.17 bits per heavy atom. The lowest BCUT2D eigenvalue weighted by Gasteiger charge is -2.31. The van der Waals surface area contributed by atoms with E-state index in [4.69, 9.17) is 8.92 Å². The van der Waals surface area contributed by atoms with E-state index >= 15 is 0 Å². The number of likely N-dealkylation sites (tertiary alicyclic amines) is 1. The molecule has 8 heteroatoms. The van der Waals surface area contributed by atoms with Gasteiger partial charge in [-0.3, -0.25) is 9.08 Å². The highest BCUT2D eigenvalue weighted by Crippen LogP contribution is 2.43. The number of halogens is 1. The number of esters is 1. The summed E-state index contributed by atoms with van der Waals surface area (Å²) >= 11 is 0. The zero-order valence-corrected chi connectivity index (χ0v) is 18.4. The summed E-state index contributed by atoms with van der Waals surface area (Å²) in [6.45, 7) is 7.21. The van der Waals surface area contributed by atoms with E-state index in [0.29, 0.717) is 38.4 Å². The van der Waals surface area contributed by atoms with E-state index in [1.54, 1.807) is 26.8 Å². The third-order valence-corrected chi connectivity index (χ3v) is 5.73. The van der Waals surface area contributed by atoms with E-state index in [1.165, 1.54) is 6.07 Å². The number of hydrogen-bond donors (Lipinski definition) is 0. The predicted molar refractivity (Wildman–Crippen MR) is 108 cm³/mol. The Morgan fingerprint density at radius 2 is 1.79 bits per heavy atom. The van der Waals surface area contributed by atoms with Gasteiger partial charge in [0.05, 0.1) is 17.9 Å². The van der Waals surface area contributed by atoms with Gasteiger partial charge in [0.2, 0.25) is 0 Å². The van der Waals surface area contributed by atoms with Gasteiger partial charge in [-0.05, 0) is 75.6 Å². The number of hydrogen-bond acceptors (Lipinski definition) is 6. The number of nitrogens with zero attached hydrogens (tertiary/aromatic N) is 1. The van der Waals surface area contributed by atoms with Gasteiger partial charge in [-0.2, -0.15) is 8.42 Å². The minimum absolute atomic E-state index is 0.00849. The molecule has 1 heterocycles. The van der Waals surface area contributed by atoms with Crippen LogP contribution in [0.3, 0.4) is 0 Å². The number of benzene rings is 1. The van der Waals surface area contributed by atoms with E-state index in [0.717, 1.165) is 30.2 Å². The number of ether oxygens (including phenoxy) is 1. The highest BCUT2D eigenvalue weighted by atomic mass is 32.2. The molecular formula is C21H30FNO5S. The first-order valence-electron chi connectivity index (χ1n) is 10.1. The molecule has 1 aromatic carbocycles. The Balaban J connectivity index is 1.72. The number of piperidine rings is 1. The maximum atomic E-state index is 14.7. The van der Waals surface area contributed by atoms with Crippen LogP contribution in [0.5, 0.6) is 0 Å². The summed E-state index contributed by atoms with van der Waals surface area (Å²) < 4.78 is 47.8. The monoisotopic (exact) mass is 427 g/mol. The third-order valence-electron chi connectivity index (χ3n) is 5.10. The van der Waals surface area contributed by atoms with Crippen LogP contribution in [0.1, 0.15) is 73.9 Å². The second-order valence-corrected chi connectivity index (χ2v) is 10.7. The average Bonchev–Trinajstić information content (AvgIpc) is 3.38. The van der Waals surface area contributed by atoms with E-state index in [9.17, 15) is 17.6 Å². The van der Waals surface area contributed by atoms with E-state index in [1.807, 2.05) is 0 Å². The highest BCUT2D eigenvalue weighted by molar-refractivity contribution is 7.86. The summed E-state index contributed by atoms with van der Waals surface area (Å²) in [5.74, 6) is -0.839. The molecule has 6 nitrogen and oxygen atoms in total. The molecule has 0 radical (unpaired) electrons. The summed E-state index contributed by atoms with van der Waals surface area (Å²) in [5, 5.41) is 0. The number of carbonyl (C=O) groups is 1. The van der Waals surface area contributed by atoms with Crippen LogP contribution in [0.4, 0.5) is 4.39 Å². The number of rotatable bonds is 6. The molecule has 29 heavy (non-hydrogen) atoms. The molecule has 2 aliphatic rings. The molecule has 0 unspecified atom stereocenters. The summed E-state index contributed by atoms with van der Waals surface area (Å²) in [7, 11) is -3.45. The van der Waals surface area contributed by atoms with Crippen LogP contribution >= 0.6 is 0 Å². The molecule has 1 saturated heterocycles. The molecule has 0 N–H and O–H groups in total. The van der Waals surface area contributed by atoms with Crippen LogP contribution < -0.4 is 0 Å². The molecule has 1 aliphatic heterocycles. The van der Waals surface area contributed by atoms with Crippen LogP contribution in [0.2, 0.25) is 0 Å². The lowest BCUT2D eigenvalue weighted by Crippen LogP contribution is -2.37. The first-order valence-corrected chi connectivity index (χ1v) is 11.9. The number of carbonyl (C=O) groups excluding carboxylic acids is 1. The van der Waals surface area contributed by atoms with Gasteiger partial charge in [0.25, 0.3) is 10.1 Å². The topological polar surface area (TPSA) is 72.9 Å². The molecule has 1 saturated carbocycles. The largest absolute Gasteiger partial charge is 0.456 e. The fourth-order valence-electron chi connectivity index (χ4n) is 3.68. The van der Waals surface area contributed by atoms with Crippen molar-refractivity contribution < 1.29 is 26.5 Å². The van der Waals surface area contributed by atoms with E-state index < -0.39 is 27.5 Å². The van der Waals surface area contributed by atoms with Crippen molar-refractivity contribution in [3.8, 4) is 0 Å². The fraction of sp³-hybridized carbons (Fsp3) is 0.667. The molecule has 0 atom stereocenters. The lowest BCUT2D eigenvalue weighted by molar-refractivity contribution is 0.00644. The maximum absolute atomic E-state index is 14.7. The lowest BCUT2D eigenvalue weighted by atomic mass is 9.98. The van der Waals surface area contributed by atoms with Gasteiger partial charge in [-0.15, -0.1) is 0 Å². The first kappa shape index (κ1) is 22.2. The van der Waals surface area contributed by atoms with Crippen LogP contribution in [-0.4, -0.2) is 50.3 Å². The Bertz CT molecular complexity index is 866. The van der Waals surface area contributed by atoms with Crippen molar-refractivity contribution in [2.24, 2.45) is 0 Å². The molecule has 0 spiro atoms. The van der Waals surface area contributed by atoms with Crippen molar-refractivity contribution in [2.75, 3.05) is 19.3 Å². The van der Waals surface area contributed by atoms with Gasteiger partial charge in [-0.25, -0.2) is 9.18 Å². The minimum atomic E-state index is -3.45. The third kappa shape index (κ3) is 6.49. The molecule has 0 amide bonds. The Kier molecular flexibility index (Phi) is 6.36. The van der Waals surface area contributed by atoms with Crippen molar-refractivity contribution in [2.45, 2.75) is 70.6 Å². The second-order valence-electron chi connectivity index (χ2n) is 9.08. The summed E-state index contributed by atoms with van der Waals surface area (Å²) in [5.41, 5.74) is 1.22. The zero-order chi connectivity index (χ0) is 21.4. The first-order chi connectivity index (χ1) is 13.4. The van der Waals surface area contributed by atoms with Crippen molar-refractivity contribution in [3.05, 3.63) is 34.6 Å². The SMILES string of the molecule is CC(C)(C)OC(=O)c1cc(C2CC2)c(CN2CCC(OS(C)(=O)=O)CC2)cc1F. The van der Waals surface area contributed by atoms with Gasteiger partial charge in [-0.1, -0.05) is 0 Å². The molecule has 3 rings (SSSR count). The molecule has 1 aliphatic carbocycles. The van der Waals surface area contributed by atoms with Gasteiger partial charge in [0.1, 0.15) is 11.4 Å². The van der Waals surface area contributed by atoms with E-state index in [-0.39, 0.29) is 11.7 Å². The molecule has 0 bridgehead atoms. The average molecular weight is 428 g/mol. The van der Waals surface area contributed by atoms with Crippen molar-refractivity contribution in [1.82, 2.24) is 4.90 Å². The summed E-state index contributed by atoms with van der Waals surface area (Å²) in [4.78, 5) is 14.6. The van der Waals surface area contributed by atoms with E-state index in [2.05, 4.69) is 4.90 Å². The molecular weight excluding hydrogens is 397 g/mol. The Hall–Kier alpha value is -1.51.